The van der Waals surface area contributed by atoms with Gasteiger partial charge in [-0.1, -0.05) is 18.2 Å². The smallest absolute Gasteiger partial charge is 0.231 e. The number of benzene rings is 2. The lowest BCUT2D eigenvalue weighted by Gasteiger charge is -2.35. The van der Waals surface area contributed by atoms with E-state index in [-0.39, 0.29) is 5.25 Å². The first kappa shape index (κ1) is 16.1. The van der Waals surface area contributed by atoms with E-state index in [1.54, 1.807) is 0 Å². The maximum Gasteiger partial charge on any atom is 0.231 e. The average molecular weight is 381 g/mol. The van der Waals surface area contributed by atoms with Crippen LogP contribution >= 0.6 is 0 Å². The minimum Gasteiger partial charge on any atom is -0.454 e. The number of ether oxygens (including phenoxy) is 2. The van der Waals surface area contributed by atoms with Crippen molar-refractivity contribution in [1.29, 1.82) is 0 Å². The highest BCUT2D eigenvalue weighted by molar-refractivity contribution is 7.85. The molecule has 0 N–H and O–H groups in total. The quantitative estimate of drug-likeness (QED) is 0.796. The molecule has 4 nitrogen and oxygen atoms in total. The average Bonchev–Trinajstić information content (AvgIpc) is 3.29. The van der Waals surface area contributed by atoms with Crippen LogP contribution in [0, 0.1) is 5.92 Å². The molecule has 1 aliphatic carbocycles. The molecule has 27 heavy (non-hydrogen) atoms. The van der Waals surface area contributed by atoms with E-state index in [1.807, 2.05) is 30.3 Å². The van der Waals surface area contributed by atoms with Crippen molar-refractivity contribution in [1.82, 2.24) is 4.90 Å². The summed E-state index contributed by atoms with van der Waals surface area (Å²) >= 11 is 0. The van der Waals surface area contributed by atoms with Gasteiger partial charge in [0.25, 0.3) is 0 Å². The molecular formula is C22H23NO3S. The Morgan fingerprint density at radius 1 is 1.04 bits per heavy atom. The van der Waals surface area contributed by atoms with Gasteiger partial charge >= 0.3 is 0 Å². The zero-order valence-corrected chi connectivity index (χ0v) is 16.0. The minimum absolute atomic E-state index is 0.270. The van der Waals surface area contributed by atoms with Crippen molar-refractivity contribution in [3.63, 3.8) is 0 Å². The molecule has 2 bridgehead atoms. The molecule has 4 aliphatic rings. The van der Waals surface area contributed by atoms with Crippen molar-refractivity contribution in [3.05, 3.63) is 53.6 Å². The summed E-state index contributed by atoms with van der Waals surface area (Å²) in [6.07, 6.45) is 3.28. The lowest BCUT2D eigenvalue weighted by molar-refractivity contribution is 0.173. The van der Waals surface area contributed by atoms with Crippen LogP contribution < -0.4 is 9.47 Å². The van der Waals surface area contributed by atoms with Gasteiger partial charge in [0.05, 0.1) is 10.8 Å². The Kier molecular flexibility index (Phi) is 3.63. The lowest BCUT2D eigenvalue weighted by atomic mass is 9.76. The van der Waals surface area contributed by atoms with Crippen LogP contribution in [0.25, 0.3) is 0 Å². The van der Waals surface area contributed by atoms with Gasteiger partial charge in [-0.05, 0) is 60.6 Å². The van der Waals surface area contributed by atoms with Crippen LogP contribution in [0.1, 0.15) is 36.3 Å². The van der Waals surface area contributed by atoms with Crippen LogP contribution in [0.5, 0.6) is 11.5 Å². The largest absolute Gasteiger partial charge is 0.454 e. The van der Waals surface area contributed by atoms with Crippen LogP contribution in [0.3, 0.4) is 0 Å². The summed E-state index contributed by atoms with van der Waals surface area (Å²) in [7, 11) is -0.908. The van der Waals surface area contributed by atoms with Gasteiger partial charge in [-0.3, -0.25) is 9.11 Å². The van der Waals surface area contributed by atoms with Crippen LogP contribution in [0.2, 0.25) is 0 Å². The van der Waals surface area contributed by atoms with Gasteiger partial charge < -0.3 is 9.47 Å². The maximum atomic E-state index is 13.1. The molecular weight excluding hydrogens is 358 g/mol. The van der Waals surface area contributed by atoms with Crippen molar-refractivity contribution in [2.45, 2.75) is 47.9 Å². The first-order valence-electron chi connectivity index (χ1n) is 9.90. The van der Waals surface area contributed by atoms with Crippen LogP contribution in [-0.2, 0) is 17.3 Å². The van der Waals surface area contributed by atoms with Gasteiger partial charge in [0, 0.05) is 35.2 Å². The molecule has 1 saturated carbocycles. The van der Waals surface area contributed by atoms with E-state index in [2.05, 4.69) is 17.0 Å². The van der Waals surface area contributed by atoms with Crippen LogP contribution in [0.4, 0.5) is 0 Å². The standard InChI is InChI=1S/C22H23NO3S/c24-27(15-4-2-1-3-5-15)16-6-7-20-18(9-16)19-12-23(20)11-14-8-21-22(10-17(14)19)26-13-25-21/h1-5,8,10,16,18-20H,6-7,9,11-13H2/t16-,18+,19+,20+,27?/m1/s1. The highest BCUT2D eigenvalue weighted by Gasteiger charge is 2.49. The van der Waals surface area contributed by atoms with E-state index in [4.69, 9.17) is 9.47 Å². The minimum atomic E-state index is -0.908. The third-order valence-electron chi connectivity index (χ3n) is 6.92. The normalized spacial score (nSPS) is 34.0. The fraction of sp³-hybridized carbons (Fsp3) is 0.455. The summed E-state index contributed by atoms with van der Waals surface area (Å²) < 4.78 is 24.4. The molecule has 140 valence electrons. The second-order valence-electron chi connectivity index (χ2n) is 8.22. The van der Waals surface area contributed by atoms with E-state index in [0.29, 0.717) is 24.7 Å². The first-order valence-corrected chi connectivity index (χ1v) is 11.1. The van der Waals surface area contributed by atoms with Gasteiger partial charge in [0.15, 0.2) is 11.5 Å². The van der Waals surface area contributed by atoms with Crippen molar-refractivity contribution < 1.29 is 13.7 Å². The summed E-state index contributed by atoms with van der Waals surface area (Å²) in [4.78, 5) is 3.63. The first-order chi connectivity index (χ1) is 13.3. The summed E-state index contributed by atoms with van der Waals surface area (Å²) in [5.74, 6) is 2.91. The molecule has 3 heterocycles. The van der Waals surface area contributed by atoms with E-state index >= 15 is 0 Å². The lowest BCUT2D eigenvalue weighted by Crippen LogP contribution is -2.38. The van der Waals surface area contributed by atoms with E-state index < -0.39 is 10.8 Å². The highest BCUT2D eigenvalue weighted by atomic mass is 32.2. The number of hydrogen-bond acceptors (Lipinski definition) is 4. The molecule has 0 spiro atoms. The van der Waals surface area contributed by atoms with Gasteiger partial charge in [0.1, 0.15) is 0 Å². The Morgan fingerprint density at radius 2 is 1.85 bits per heavy atom. The zero-order valence-electron chi connectivity index (χ0n) is 15.2. The molecule has 3 aliphatic heterocycles. The van der Waals surface area contributed by atoms with Gasteiger partial charge in [-0.15, -0.1) is 0 Å². The zero-order chi connectivity index (χ0) is 18.0. The fourth-order valence-corrected chi connectivity index (χ4v) is 7.27. The molecule has 6 rings (SSSR count). The van der Waals surface area contributed by atoms with Gasteiger partial charge in [-0.25, -0.2) is 0 Å². The predicted octanol–water partition coefficient (Wildman–Crippen LogP) is 3.67. The summed E-state index contributed by atoms with van der Waals surface area (Å²) in [6, 6.07) is 15.0. The number of hydrogen-bond donors (Lipinski definition) is 0. The molecule has 5 heteroatoms. The summed E-state index contributed by atoms with van der Waals surface area (Å²) in [5.41, 5.74) is 2.83. The molecule has 1 saturated heterocycles. The molecule has 2 fully saturated rings. The Bertz CT molecular complexity index is 915. The number of fused-ring (bicyclic) bond motifs is 8. The summed E-state index contributed by atoms with van der Waals surface area (Å²) in [6.45, 7) is 2.47. The molecule has 6 atom stereocenters. The SMILES string of the molecule is O=S(c1ccccc1)[C@@H]1CC[C@H]2[C@@H](C1)[C@H]1CN2Cc2cc3c(cc21)OCO3. The topological polar surface area (TPSA) is 38.8 Å². The predicted molar refractivity (Wildman–Crippen MR) is 103 cm³/mol. The third kappa shape index (κ3) is 2.48. The van der Waals surface area contributed by atoms with Gasteiger partial charge in [0.2, 0.25) is 6.79 Å². The van der Waals surface area contributed by atoms with Crippen LogP contribution in [0.15, 0.2) is 47.4 Å². The van der Waals surface area contributed by atoms with Crippen LogP contribution in [-0.4, -0.2) is 33.7 Å². The van der Waals surface area contributed by atoms with Gasteiger partial charge in [-0.2, -0.15) is 0 Å². The van der Waals surface area contributed by atoms with Crippen molar-refractivity contribution in [3.8, 4) is 11.5 Å². The van der Waals surface area contributed by atoms with Crippen molar-refractivity contribution >= 4 is 10.8 Å². The summed E-state index contributed by atoms with van der Waals surface area (Å²) in [5, 5.41) is 0.270. The molecule has 2 aromatic rings. The molecule has 0 radical (unpaired) electrons. The number of nitrogens with zero attached hydrogens (tertiary/aromatic N) is 1. The molecule has 0 amide bonds. The second-order valence-corrected chi connectivity index (χ2v) is 9.95. The Balaban J connectivity index is 1.31. The third-order valence-corrected chi connectivity index (χ3v) is 8.69. The second kappa shape index (κ2) is 6.08. The monoisotopic (exact) mass is 381 g/mol. The fourth-order valence-electron chi connectivity index (χ4n) is 5.71. The van der Waals surface area contributed by atoms with Crippen molar-refractivity contribution in [2.24, 2.45) is 5.92 Å². The molecule has 2 aromatic carbocycles. The molecule has 0 aromatic heterocycles. The van der Waals surface area contributed by atoms with Crippen molar-refractivity contribution in [2.75, 3.05) is 13.3 Å². The Hall–Kier alpha value is -1.85. The van der Waals surface area contributed by atoms with E-state index in [0.717, 1.165) is 48.7 Å². The highest BCUT2D eigenvalue weighted by Crippen LogP contribution is 2.52. The maximum absolute atomic E-state index is 13.1. The van der Waals surface area contributed by atoms with E-state index in [1.165, 1.54) is 11.1 Å². The Labute approximate surface area is 161 Å². The van der Waals surface area contributed by atoms with E-state index in [9.17, 15) is 4.21 Å². The Morgan fingerprint density at radius 3 is 2.70 bits per heavy atom. The molecule has 2 unspecified atom stereocenters. The number of rotatable bonds is 2.